The van der Waals surface area contributed by atoms with E-state index in [0.717, 1.165) is 35.3 Å². The number of anilines is 1. The van der Waals surface area contributed by atoms with Crippen LogP contribution in [0.4, 0.5) is 5.00 Å². The Labute approximate surface area is 165 Å². The van der Waals surface area contributed by atoms with E-state index in [1.54, 1.807) is 30.3 Å². The molecule has 0 spiro atoms. The van der Waals surface area contributed by atoms with Gasteiger partial charge in [0.15, 0.2) is 6.61 Å². The number of fused-ring (bicyclic) bond motifs is 1. The summed E-state index contributed by atoms with van der Waals surface area (Å²) in [7, 11) is 0. The van der Waals surface area contributed by atoms with Crippen molar-refractivity contribution >= 4 is 51.8 Å². The lowest BCUT2D eigenvalue weighted by Crippen LogP contribution is -2.22. The predicted molar refractivity (Wildman–Crippen MR) is 105 cm³/mol. The molecule has 2 aromatic rings. The van der Waals surface area contributed by atoms with Crippen LogP contribution >= 0.6 is 22.9 Å². The van der Waals surface area contributed by atoms with Crippen molar-refractivity contribution in [1.29, 1.82) is 0 Å². The molecule has 1 aromatic carbocycles. The number of amides is 2. The van der Waals surface area contributed by atoms with E-state index in [0.29, 0.717) is 15.6 Å². The zero-order valence-electron chi connectivity index (χ0n) is 14.3. The molecule has 0 bridgehead atoms. The van der Waals surface area contributed by atoms with Gasteiger partial charge in [-0.3, -0.25) is 9.59 Å². The Kier molecular flexibility index (Phi) is 5.93. The molecule has 1 aliphatic carbocycles. The molecule has 6 nitrogen and oxygen atoms in total. The number of ether oxygens (including phenoxy) is 1. The molecule has 0 radical (unpaired) electrons. The summed E-state index contributed by atoms with van der Waals surface area (Å²) in [5.74, 6) is -1.73. The number of primary amides is 1. The van der Waals surface area contributed by atoms with Crippen molar-refractivity contribution in [3.8, 4) is 0 Å². The molecule has 0 saturated carbocycles. The molecule has 0 unspecified atom stereocenters. The second kappa shape index (κ2) is 8.37. The smallest absolute Gasteiger partial charge is 0.331 e. The fraction of sp³-hybridized carbons (Fsp3) is 0.211. The van der Waals surface area contributed by atoms with Crippen LogP contribution in [0.5, 0.6) is 0 Å². The predicted octanol–water partition coefficient (Wildman–Crippen LogP) is 3.18. The summed E-state index contributed by atoms with van der Waals surface area (Å²) in [4.78, 5) is 36.6. The van der Waals surface area contributed by atoms with E-state index in [1.807, 2.05) is 0 Å². The summed E-state index contributed by atoms with van der Waals surface area (Å²) in [6.45, 7) is -0.454. The van der Waals surface area contributed by atoms with E-state index in [2.05, 4.69) is 5.32 Å². The number of aryl methyl sites for hydroxylation is 1. The largest absolute Gasteiger partial charge is 0.452 e. The zero-order chi connectivity index (χ0) is 19.4. The third-order valence-corrected chi connectivity index (χ3v) is 5.51. The van der Waals surface area contributed by atoms with Gasteiger partial charge in [-0.25, -0.2) is 4.79 Å². The lowest BCUT2D eigenvalue weighted by Gasteiger charge is -2.06. The van der Waals surface area contributed by atoms with Gasteiger partial charge in [0.25, 0.3) is 11.8 Å². The molecule has 3 N–H and O–H groups in total. The van der Waals surface area contributed by atoms with Gasteiger partial charge < -0.3 is 15.8 Å². The van der Waals surface area contributed by atoms with Crippen molar-refractivity contribution in [1.82, 2.24) is 0 Å². The van der Waals surface area contributed by atoms with Gasteiger partial charge in [-0.2, -0.15) is 0 Å². The molecule has 27 heavy (non-hydrogen) atoms. The quantitative estimate of drug-likeness (QED) is 0.570. The van der Waals surface area contributed by atoms with Gasteiger partial charge in [0.2, 0.25) is 0 Å². The fourth-order valence-corrected chi connectivity index (χ4v) is 4.28. The number of carbonyl (C=O) groups excluding carboxylic acids is 3. The Hall–Kier alpha value is -2.64. The number of carbonyl (C=O) groups is 3. The minimum absolute atomic E-state index is 0.370. The van der Waals surface area contributed by atoms with E-state index in [-0.39, 0.29) is 0 Å². The standard InChI is InChI=1S/C19H17ClN2O4S/c20-12-7-4-11(5-8-12)6-9-16(24)26-10-15(23)22-19-17(18(21)25)13-2-1-3-14(13)27-19/h4-9H,1-3,10H2,(H2,21,25)(H,22,23)/b9-6+. The maximum Gasteiger partial charge on any atom is 0.331 e. The number of halogens is 1. The monoisotopic (exact) mass is 404 g/mol. The van der Waals surface area contributed by atoms with E-state index in [4.69, 9.17) is 22.1 Å². The number of hydrogen-bond acceptors (Lipinski definition) is 5. The van der Waals surface area contributed by atoms with Crippen LogP contribution in [0.25, 0.3) is 6.08 Å². The molecule has 0 atom stereocenters. The van der Waals surface area contributed by atoms with Gasteiger partial charge in [-0.1, -0.05) is 23.7 Å². The first-order valence-electron chi connectivity index (χ1n) is 8.28. The van der Waals surface area contributed by atoms with Crippen LogP contribution in [0.15, 0.2) is 30.3 Å². The first-order valence-corrected chi connectivity index (χ1v) is 9.48. The number of rotatable bonds is 6. The second-order valence-electron chi connectivity index (χ2n) is 5.97. The SMILES string of the molecule is NC(=O)c1c(NC(=O)COC(=O)/C=C/c2ccc(Cl)cc2)sc2c1CCC2. The zero-order valence-corrected chi connectivity index (χ0v) is 15.9. The summed E-state index contributed by atoms with van der Waals surface area (Å²) >= 11 is 7.14. The number of nitrogens with one attached hydrogen (secondary N) is 1. The first-order chi connectivity index (χ1) is 12.9. The van der Waals surface area contributed by atoms with E-state index in [9.17, 15) is 14.4 Å². The molecule has 3 rings (SSSR count). The average molecular weight is 405 g/mol. The summed E-state index contributed by atoms with van der Waals surface area (Å²) in [6, 6.07) is 6.91. The molecule has 1 aliphatic rings. The van der Waals surface area contributed by atoms with Gasteiger partial charge in [-0.15, -0.1) is 11.3 Å². The van der Waals surface area contributed by atoms with Crippen LogP contribution < -0.4 is 11.1 Å². The van der Waals surface area contributed by atoms with Crippen molar-refractivity contribution in [3.63, 3.8) is 0 Å². The van der Waals surface area contributed by atoms with E-state index < -0.39 is 24.4 Å². The number of esters is 1. The van der Waals surface area contributed by atoms with Crippen LogP contribution in [0, 0.1) is 0 Å². The minimum Gasteiger partial charge on any atom is -0.452 e. The van der Waals surface area contributed by atoms with Crippen molar-refractivity contribution in [2.24, 2.45) is 5.73 Å². The Morgan fingerprint density at radius 1 is 1.22 bits per heavy atom. The lowest BCUT2D eigenvalue weighted by molar-refractivity contribution is -0.142. The van der Waals surface area contributed by atoms with Crippen LogP contribution in [-0.4, -0.2) is 24.4 Å². The van der Waals surface area contributed by atoms with Crippen LogP contribution in [0.3, 0.4) is 0 Å². The summed E-state index contributed by atoms with van der Waals surface area (Å²) < 4.78 is 4.92. The molecule has 2 amide bonds. The van der Waals surface area contributed by atoms with Crippen molar-refractivity contribution in [2.45, 2.75) is 19.3 Å². The first kappa shape index (κ1) is 19.1. The Balaban J connectivity index is 1.55. The second-order valence-corrected chi connectivity index (χ2v) is 7.51. The number of hydrogen-bond donors (Lipinski definition) is 2. The molecular formula is C19H17ClN2O4S. The Morgan fingerprint density at radius 2 is 1.96 bits per heavy atom. The summed E-state index contributed by atoms with van der Waals surface area (Å²) in [6.07, 6.45) is 5.43. The van der Waals surface area contributed by atoms with E-state index >= 15 is 0 Å². The number of nitrogens with two attached hydrogens (primary N) is 1. The maximum atomic E-state index is 12.1. The van der Waals surface area contributed by atoms with Crippen LogP contribution in [0.1, 0.15) is 32.8 Å². The topological polar surface area (TPSA) is 98.5 Å². The summed E-state index contributed by atoms with van der Waals surface area (Å²) in [5.41, 5.74) is 7.52. The molecule has 0 aliphatic heterocycles. The van der Waals surface area contributed by atoms with Gasteiger partial charge in [0.05, 0.1) is 5.56 Å². The van der Waals surface area contributed by atoms with Gasteiger partial charge >= 0.3 is 5.97 Å². The van der Waals surface area contributed by atoms with Gasteiger partial charge in [0, 0.05) is 16.0 Å². The van der Waals surface area contributed by atoms with E-state index in [1.165, 1.54) is 17.4 Å². The van der Waals surface area contributed by atoms with Crippen molar-refractivity contribution in [3.05, 3.63) is 56.9 Å². The van der Waals surface area contributed by atoms with Crippen molar-refractivity contribution < 1.29 is 19.1 Å². The van der Waals surface area contributed by atoms with Gasteiger partial charge in [0.1, 0.15) is 5.00 Å². The summed E-state index contributed by atoms with van der Waals surface area (Å²) in [5, 5.41) is 3.64. The molecule has 140 valence electrons. The lowest BCUT2D eigenvalue weighted by atomic mass is 10.1. The normalized spacial score (nSPS) is 12.8. The molecular weight excluding hydrogens is 388 g/mol. The Bertz CT molecular complexity index is 919. The maximum absolute atomic E-state index is 12.1. The third-order valence-electron chi connectivity index (χ3n) is 4.05. The molecule has 8 heteroatoms. The highest BCUT2D eigenvalue weighted by Crippen LogP contribution is 2.38. The van der Waals surface area contributed by atoms with Crippen LogP contribution in [-0.2, 0) is 27.2 Å². The van der Waals surface area contributed by atoms with Crippen molar-refractivity contribution in [2.75, 3.05) is 11.9 Å². The third kappa shape index (κ3) is 4.75. The fourth-order valence-electron chi connectivity index (χ4n) is 2.84. The van der Waals surface area contributed by atoms with Crippen LogP contribution in [0.2, 0.25) is 5.02 Å². The number of thiophene rings is 1. The molecule has 1 aromatic heterocycles. The van der Waals surface area contributed by atoms with Gasteiger partial charge in [-0.05, 0) is 48.6 Å². The molecule has 0 fully saturated rings. The molecule has 0 saturated heterocycles. The molecule has 1 heterocycles. The minimum atomic E-state index is -0.649. The average Bonchev–Trinajstić information content (AvgIpc) is 3.19. The number of benzene rings is 1. The highest BCUT2D eigenvalue weighted by molar-refractivity contribution is 7.17. The highest BCUT2D eigenvalue weighted by Gasteiger charge is 2.26. The highest BCUT2D eigenvalue weighted by atomic mass is 35.5. The Morgan fingerprint density at radius 3 is 2.67 bits per heavy atom.